The van der Waals surface area contributed by atoms with Crippen molar-refractivity contribution >= 4 is 11.6 Å². The van der Waals surface area contributed by atoms with Gasteiger partial charge in [-0.15, -0.1) is 5.10 Å². The molecular formula is C17H14F2N4O. The lowest BCUT2D eigenvalue weighted by Gasteiger charge is -2.04. The highest BCUT2D eigenvalue weighted by Crippen LogP contribution is 2.14. The van der Waals surface area contributed by atoms with E-state index in [4.69, 9.17) is 0 Å². The number of carbonyl (C=O) groups is 1. The molecule has 1 amide bonds. The van der Waals surface area contributed by atoms with Crippen LogP contribution in [0.1, 0.15) is 23.1 Å². The Bertz CT molecular complexity index is 892. The SMILES string of the molecule is CCc1cccc(NC(=O)c2ncn(-c3ccc(F)c(F)c3)n2)c1. The van der Waals surface area contributed by atoms with Crippen molar-refractivity contribution in [3.05, 3.63) is 71.8 Å². The third-order valence-electron chi connectivity index (χ3n) is 3.46. The van der Waals surface area contributed by atoms with E-state index in [2.05, 4.69) is 15.4 Å². The third kappa shape index (κ3) is 3.29. The van der Waals surface area contributed by atoms with Crippen LogP contribution in [0.15, 0.2) is 48.8 Å². The van der Waals surface area contributed by atoms with E-state index in [1.807, 2.05) is 25.1 Å². The molecule has 122 valence electrons. The quantitative estimate of drug-likeness (QED) is 0.799. The molecule has 0 saturated carbocycles. The number of hydrogen-bond acceptors (Lipinski definition) is 3. The maximum absolute atomic E-state index is 13.3. The van der Waals surface area contributed by atoms with Crippen LogP contribution >= 0.6 is 0 Å². The second-order valence-electron chi connectivity index (χ2n) is 5.12. The molecule has 7 heteroatoms. The molecule has 0 saturated heterocycles. The van der Waals surface area contributed by atoms with E-state index in [0.717, 1.165) is 24.1 Å². The number of nitrogens with one attached hydrogen (secondary N) is 1. The van der Waals surface area contributed by atoms with Crippen LogP contribution in [0.3, 0.4) is 0 Å². The summed E-state index contributed by atoms with van der Waals surface area (Å²) in [6.07, 6.45) is 2.12. The van der Waals surface area contributed by atoms with Gasteiger partial charge in [-0.2, -0.15) is 0 Å². The van der Waals surface area contributed by atoms with Crippen molar-refractivity contribution in [2.75, 3.05) is 5.32 Å². The van der Waals surface area contributed by atoms with Crippen LogP contribution in [0.4, 0.5) is 14.5 Å². The van der Waals surface area contributed by atoms with Crippen LogP contribution in [0.25, 0.3) is 5.69 Å². The summed E-state index contributed by atoms with van der Waals surface area (Å²) in [4.78, 5) is 16.1. The molecule has 0 atom stereocenters. The average molecular weight is 328 g/mol. The van der Waals surface area contributed by atoms with E-state index < -0.39 is 17.5 Å². The number of aryl methyl sites for hydroxylation is 1. The van der Waals surface area contributed by atoms with Gasteiger partial charge in [-0.1, -0.05) is 19.1 Å². The van der Waals surface area contributed by atoms with E-state index in [9.17, 15) is 13.6 Å². The monoisotopic (exact) mass is 328 g/mol. The van der Waals surface area contributed by atoms with Gasteiger partial charge in [0.05, 0.1) is 5.69 Å². The van der Waals surface area contributed by atoms with E-state index >= 15 is 0 Å². The van der Waals surface area contributed by atoms with Crippen molar-refractivity contribution in [2.24, 2.45) is 0 Å². The van der Waals surface area contributed by atoms with Gasteiger partial charge < -0.3 is 5.32 Å². The largest absolute Gasteiger partial charge is 0.319 e. The predicted octanol–water partition coefficient (Wildman–Crippen LogP) is 3.36. The van der Waals surface area contributed by atoms with Crippen LogP contribution < -0.4 is 5.32 Å². The lowest BCUT2D eigenvalue weighted by atomic mass is 10.1. The van der Waals surface area contributed by atoms with Gasteiger partial charge in [0.1, 0.15) is 6.33 Å². The van der Waals surface area contributed by atoms with Crippen molar-refractivity contribution in [3.8, 4) is 5.69 Å². The summed E-state index contributed by atoms with van der Waals surface area (Å²) in [5.41, 5.74) is 2.00. The normalized spacial score (nSPS) is 10.6. The first-order valence-corrected chi connectivity index (χ1v) is 7.34. The highest BCUT2D eigenvalue weighted by molar-refractivity contribution is 6.01. The topological polar surface area (TPSA) is 59.8 Å². The summed E-state index contributed by atoms with van der Waals surface area (Å²) in [6, 6.07) is 10.8. The number of nitrogens with zero attached hydrogens (tertiary/aromatic N) is 3. The lowest BCUT2D eigenvalue weighted by Crippen LogP contribution is -2.14. The number of aromatic nitrogens is 3. The zero-order chi connectivity index (χ0) is 17.1. The maximum atomic E-state index is 13.3. The Hall–Kier alpha value is -3.09. The molecule has 0 unspecified atom stereocenters. The van der Waals surface area contributed by atoms with Crippen LogP contribution in [0, 0.1) is 11.6 Å². The molecule has 1 N–H and O–H groups in total. The lowest BCUT2D eigenvalue weighted by molar-refractivity contribution is 0.101. The molecule has 5 nitrogen and oxygen atoms in total. The second kappa shape index (κ2) is 6.57. The summed E-state index contributed by atoms with van der Waals surface area (Å²) in [5, 5.41) is 6.70. The zero-order valence-corrected chi connectivity index (χ0v) is 12.8. The minimum Gasteiger partial charge on any atom is -0.319 e. The third-order valence-corrected chi connectivity index (χ3v) is 3.46. The Morgan fingerprint density at radius 3 is 2.75 bits per heavy atom. The fourth-order valence-corrected chi connectivity index (χ4v) is 2.18. The van der Waals surface area contributed by atoms with Gasteiger partial charge in [-0.05, 0) is 36.2 Å². The van der Waals surface area contributed by atoms with Crippen molar-refractivity contribution in [1.29, 1.82) is 0 Å². The Labute approximate surface area is 137 Å². The van der Waals surface area contributed by atoms with Gasteiger partial charge in [-0.25, -0.2) is 18.4 Å². The molecule has 3 aromatic rings. The maximum Gasteiger partial charge on any atom is 0.295 e. The van der Waals surface area contributed by atoms with Crippen LogP contribution in [0.5, 0.6) is 0 Å². The first-order valence-electron chi connectivity index (χ1n) is 7.34. The van der Waals surface area contributed by atoms with Gasteiger partial charge >= 0.3 is 0 Å². The number of hydrogen-bond donors (Lipinski definition) is 1. The minimum atomic E-state index is -0.995. The molecule has 0 bridgehead atoms. The molecule has 1 heterocycles. The Morgan fingerprint density at radius 2 is 2.00 bits per heavy atom. The number of benzene rings is 2. The Balaban J connectivity index is 1.79. The number of rotatable bonds is 4. The van der Waals surface area contributed by atoms with Gasteiger partial charge in [0.25, 0.3) is 5.91 Å². The van der Waals surface area contributed by atoms with E-state index in [0.29, 0.717) is 5.69 Å². The molecule has 3 rings (SSSR count). The molecule has 0 spiro atoms. The molecule has 0 radical (unpaired) electrons. The highest BCUT2D eigenvalue weighted by Gasteiger charge is 2.13. The predicted molar refractivity (Wildman–Crippen MR) is 85.0 cm³/mol. The molecular weight excluding hydrogens is 314 g/mol. The van der Waals surface area contributed by atoms with E-state index in [-0.39, 0.29) is 11.5 Å². The van der Waals surface area contributed by atoms with E-state index in [1.54, 1.807) is 6.07 Å². The summed E-state index contributed by atoms with van der Waals surface area (Å²) >= 11 is 0. The smallest absolute Gasteiger partial charge is 0.295 e. The molecule has 0 aliphatic heterocycles. The molecule has 0 aliphatic rings. The fraction of sp³-hybridized carbons (Fsp3) is 0.118. The van der Waals surface area contributed by atoms with Crippen LogP contribution in [0.2, 0.25) is 0 Å². The Kier molecular flexibility index (Phi) is 4.33. The fourth-order valence-electron chi connectivity index (χ4n) is 2.18. The molecule has 0 fully saturated rings. The van der Waals surface area contributed by atoms with Gasteiger partial charge in [0, 0.05) is 11.8 Å². The summed E-state index contributed by atoms with van der Waals surface area (Å²) in [5.74, 6) is -2.50. The molecule has 2 aromatic carbocycles. The van der Waals surface area contributed by atoms with Crippen molar-refractivity contribution < 1.29 is 13.6 Å². The minimum absolute atomic E-state index is 0.0679. The summed E-state index contributed by atoms with van der Waals surface area (Å²) in [6.45, 7) is 2.02. The number of halogens is 2. The first-order chi connectivity index (χ1) is 11.6. The van der Waals surface area contributed by atoms with Crippen LogP contribution in [-0.4, -0.2) is 20.7 Å². The second-order valence-corrected chi connectivity index (χ2v) is 5.12. The standard InChI is InChI=1S/C17H14F2N4O/c1-2-11-4-3-5-12(8-11)21-17(24)16-20-10-23(22-16)13-6-7-14(18)15(19)9-13/h3-10H,2H2,1H3,(H,21,24). The van der Waals surface area contributed by atoms with Crippen LogP contribution in [-0.2, 0) is 6.42 Å². The van der Waals surface area contributed by atoms with Gasteiger partial charge in [-0.3, -0.25) is 4.79 Å². The van der Waals surface area contributed by atoms with Gasteiger partial charge in [0.15, 0.2) is 11.6 Å². The van der Waals surface area contributed by atoms with Crippen molar-refractivity contribution in [1.82, 2.24) is 14.8 Å². The number of carbonyl (C=O) groups excluding carboxylic acids is 1. The van der Waals surface area contributed by atoms with Gasteiger partial charge in [0.2, 0.25) is 5.82 Å². The first kappa shape index (κ1) is 15.8. The zero-order valence-electron chi connectivity index (χ0n) is 12.8. The molecule has 1 aromatic heterocycles. The Morgan fingerprint density at radius 1 is 1.17 bits per heavy atom. The summed E-state index contributed by atoms with van der Waals surface area (Å²) < 4.78 is 27.4. The summed E-state index contributed by atoms with van der Waals surface area (Å²) in [7, 11) is 0. The molecule has 24 heavy (non-hydrogen) atoms. The molecule has 0 aliphatic carbocycles. The van der Waals surface area contributed by atoms with Crippen molar-refractivity contribution in [2.45, 2.75) is 13.3 Å². The average Bonchev–Trinajstić information content (AvgIpc) is 3.08. The van der Waals surface area contributed by atoms with Crippen molar-refractivity contribution in [3.63, 3.8) is 0 Å². The highest BCUT2D eigenvalue weighted by atomic mass is 19.2. The number of anilines is 1. The van der Waals surface area contributed by atoms with E-state index in [1.165, 1.54) is 17.1 Å². The number of amides is 1.